The highest BCUT2D eigenvalue weighted by Gasteiger charge is 2.10. The molecule has 1 aromatic heterocycles. The number of pyridine rings is 1. The smallest absolute Gasteiger partial charge is 0.0712 e. The van der Waals surface area contributed by atoms with Crippen LogP contribution in [0, 0.1) is 6.92 Å². The fourth-order valence-electron chi connectivity index (χ4n) is 6.01. The molecule has 7 aromatic rings. The minimum absolute atomic E-state index is 0.723. The van der Waals surface area contributed by atoms with Gasteiger partial charge in [0.2, 0.25) is 0 Å². The molecular weight excluding hydrogens is 556 g/mol. The number of fused-ring (bicyclic) bond motifs is 2. The van der Waals surface area contributed by atoms with E-state index < -0.39 is 0 Å². The Morgan fingerprint density at radius 2 is 1.24 bits per heavy atom. The third-order valence-corrected chi connectivity index (χ3v) is 8.57. The number of aliphatic imine (C=N–C) groups is 1. The summed E-state index contributed by atoms with van der Waals surface area (Å²) in [7, 11) is 0. The van der Waals surface area contributed by atoms with Crippen LogP contribution in [0.4, 0.5) is 0 Å². The molecule has 0 aliphatic carbocycles. The quantitative estimate of drug-likeness (QED) is 0.170. The Labute approximate surface area is 270 Å². The number of nitrogens with zero attached hydrogens (tertiary/aromatic N) is 2. The predicted molar refractivity (Wildman–Crippen MR) is 197 cm³/mol. The van der Waals surface area contributed by atoms with E-state index in [-0.39, 0.29) is 0 Å². The van der Waals surface area contributed by atoms with Gasteiger partial charge in [-0.25, -0.2) is 4.99 Å². The summed E-state index contributed by atoms with van der Waals surface area (Å²) in [6.07, 6.45) is 6.03. The first kappa shape index (κ1) is 28.9. The number of allylic oxidation sites excluding steroid dienone is 2. The number of hydrogen-bond donors (Lipinski definition) is 0. The third kappa shape index (κ3) is 5.94. The van der Waals surface area contributed by atoms with Crippen molar-refractivity contribution in [2.45, 2.75) is 13.8 Å². The average molecular weight is 591 g/mol. The van der Waals surface area contributed by atoms with Crippen LogP contribution >= 0.6 is 0 Å². The third-order valence-electron chi connectivity index (χ3n) is 8.57. The lowest BCUT2D eigenvalue weighted by atomic mass is 9.96. The molecule has 0 spiro atoms. The second-order valence-electron chi connectivity index (χ2n) is 11.7. The molecular formula is C44H34N2. The number of rotatable bonds is 7. The zero-order valence-electron chi connectivity index (χ0n) is 26.1. The van der Waals surface area contributed by atoms with Crippen LogP contribution in [0.15, 0.2) is 170 Å². The molecule has 1 heterocycles. The Balaban J connectivity index is 1.23. The van der Waals surface area contributed by atoms with Crippen molar-refractivity contribution >= 4 is 38.5 Å². The van der Waals surface area contributed by atoms with Crippen molar-refractivity contribution in [3.05, 3.63) is 187 Å². The number of hydrogen-bond acceptors (Lipinski definition) is 2. The molecule has 0 unspecified atom stereocenters. The lowest BCUT2D eigenvalue weighted by Gasteiger charge is -2.11. The topological polar surface area (TPSA) is 25.2 Å². The maximum atomic E-state index is 5.15. The van der Waals surface area contributed by atoms with Crippen LogP contribution in [0.1, 0.15) is 29.2 Å². The fraction of sp³-hybridized carbons (Fsp3) is 0.0455. The van der Waals surface area contributed by atoms with E-state index in [1.165, 1.54) is 27.3 Å². The molecule has 0 fully saturated rings. The SMILES string of the molecule is C=C(N=C(/C=C(\C)c1ccc(-c2cncc3ccccc23)cc1)c1ccc(C)cc1)c1cccc(-c2cccc3ccccc23)c1. The molecule has 46 heavy (non-hydrogen) atoms. The summed E-state index contributed by atoms with van der Waals surface area (Å²) in [6.45, 7) is 8.68. The second kappa shape index (κ2) is 12.6. The Morgan fingerprint density at radius 1 is 0.587 bits per heavy atom. The minimum atomic E-state index is 0.723. The van der Waals surface area contributed by atoms with Crippen molar-refractivity contribution < 1.29 is 0 Å². The lowest BCUT2D eigenvalue weighted by molar-refractivity contribution is 1.36. The van der Waals surface area contributed by atoms with Gasteiger partial charge in [0.25, 0.3) is 0 Å². The van der Waals surface area contributed by atoms with Crippen molar-refractivity contribution in [2.24, 2.45) is 4.99 Å². The van der Waals surface area contributed by atoms with Gasteiger partial charge in [-0.3, -0.25) is 4.98 Å². The second-order valence-corrected chi connectivity index (χ2v) is 11.7. The molecule has 2 heteroatoms. The van der Waals surface area contributed by atoms with Crippen LogP contribution in [-0.2, 0) is 0 Å². The van der Waals surface area contributed by atoms with Gasteiger partial charge in [-0.15, -0.1) is 0 Å². The summed E-state index contributed by atoms with van der Waals surface area (Å²) in [5, 5.41) is 4.81. The lowest BCUT2D eigenvalue weighted by Crippen LogP contribution is -1.99. The molecule has 0 N–H and O–H groups in total. The number of benzene rings is 6. The molecule has 2 nitrogen and oxygen atoms in total. The van der Waals surface area contributed by atoms with Crippen molar-refractivity contribution in [3.8, 4) is 22.3 Å². The Morgan fingerprint density at radius 3 is 2.02 bits per heavy atom. The maximum absolute atomic E-state index is 5.15. The molecule has 0 radical (unpaired) electrons. The van der Waals surface area contributed by atoms with E-state index in [1.807, 2.05) is 12.4 Å². The highest BCUT2D eigenvalue weighted by Crippen LogP contribution is 2.32. The van der Waals surface area contributed by atoms with Gasteiger partial charge in [0.1, 0.15) is 0 Å². The predicted octanol–water partition coefficient (Wildman–Crippen LogP) is 11.6. The maximum Gasteiger partial charge on any atom is 0.0712 e. The minimum Gasteiger partial charge on any atom is -0.263 e. The summed E-state index contributed by atoms with van der Waals surface area (Å²) < 4.78 is 0. The van der Waals surface area contributed by atoms with E-state index in [0.717, 1.165) is 55.7 Å². The molecule has 0 amide bonds. The van der Waals surface area contributed by atoms with Crippen LogP contribution in [0.3, 0.4) is 0 Å². The van der Waals surface area contributed by atoms with Crippen LogP contribution in [0.2, 0.25) is 0 Å². The normalized spacial score (nSPS) is 12.0. The summed E-state index contributed by atoms with van der Waals surface area (Å²) in [6, 6.07) is 49.1. The van der Waals surface area contributed by atoms with Crippen molar-refractivity contribution in [2.75, 3.05) is 0 Å². The van der Waals surface area contributed by atoms with Crippen molar-refractivity contribution in [3.63, 3.8) is 0 Å². The van der Waals surface area contributed by atoms with Crippen LogP contribution in [-0.4, -0.2) is 10.7 Å². The van der Waals surface area contributed by atoms with E-state index in [2.05, 4.69) is 171 Å². The summed E-state index contributed by atoms with van der Waals surface area (Å²) in [4.78, 5) is 9.62. The molecule has 0 aliphatic rings. The molecule has 0 atom stereocenters. The molecule has 220 valence electrons. The summed E-state index contributed by atoms with van der Waals surface area (Å²) >= 11 is 0. The largest absolute Gasteiger partial charge is 0.263 e. The summed E-state index contributed by atoms with van der Waals surface area (Å²) in [5.74, 6) is 0. The molecule has 0 bridgehead atoms. The Bertz CT molecular complexity index is 2260. The van der Waals surface area contributed by atoms with Crippen molar-refractivity contribution in [1.82, 2.24) is 4.98 Å². The van der Waals surface area contributed by atoms with Gasteiger partial charge < -0.3 is 0 Å². The fourth-order valence-corrected chi connectivity index (χ4v) is 6.01. The highest BCUT2D eigenvalue weighted by molar-refractivity contribution is 6.14. The van der Waals surface area contributed by atoms with Gasteiger partial charge in [0.15, 0.2) is 0 Å². The van der Waals surface area contributed by atoms with Crippen LogP contribution < -0.4 is 0 Å². The first-order valence-electron chi connectivity index (χ1n) is 15.6. The van der Waals surface area contributed by atoms with Gasteiger partial charge in [-0.1, -0.05) is 146 Å². The molecule has 0 saturated heterocycles. The molecule has 0 aliphatic heterocycles. The van der Waals surface area contributed by atoms with Crippen LogP contribution in [0.5, 0.6) is 0 Å². The number of aromatic nitrogens is 1. The van der Waals surface area contributed by atoms with E-state index in [1.54, 1.807) is 0 Å². The van der Waals surface area contributed by atoms with Gasteiger partial charge >= 0.3 is 0 Å². The highest BCUT2D eigenvalue weighted by atomic mass is 14.8. The molecule has 0 saturated carbocycles. The van der Waals surface area contributed by atoms with Crippen molar-refractivity contribution in [1.29, 1.82) is 0 Å². The van der Waals surface area contributed by atoms with Gasteiger partial charge in [-0.05, 0) is 70.0 Å². The van der Waals surface area contributed by atoms with E-state index in [0.29, 0.717) is 0 Å². The monoisotopic (exact) mass is 590 g/mol. The van der Waals surface area contributed by atoms with Crippen LogP contribution in [0.25, 0.3) is 55.1 Å². The molecule has 6 aromatic carbocycles. The van der Waals surface area contributed by atoms with Gasteiger partial charge in [0, 0.05) is 34.5 Å². The zero-order chi connectivity index (χ0) is 31.5. The number of aryl methyl sites for hydroxylation is 1. The molecule has 7 rings (SSSR count). The first-order chi connectivity index (χ1) is 22.5. The van der Waals surface area contributed by atoms with E-state index in [4.69, 9.17) is 4.99 Å². The first-order valence-corrected chi connectivity index (χ1v) is 15.6. The van der Waals surface area contributed by atoms with Gasteiger partial charge in [0.05, 0.1) is 11.4 Å². The average Bonchev–Trinajstić information content (AvgIpc) is 3.11. The van der Waals surface area contributed by atoms with E-state index in [9.17, 15) is 0 Å². The Kier molecular flexibility index (Phi) is 7.93. The zero-order valence-corrected chi connectivity index (χ0v) is 26.1. The Hall–Kier alpha value is -5.86. The summed E-state index contributed by atoms with van der Waals surface area (Å²) in [5.41, 5.74) is 11.8. The standard InChI is InChI=1S/C44H34N2/c1-30-18-20-36(21-19-30)44(26-31(2)33-22-24-35(25-23-33)43-29-45-28-39-11-5-7-16-42(39)43)46-32(3)37-13-8-14-38(27-37)41-17-9-12-34-10-4-6-15-40(34)41/h4-29H,3H2,1-2H3/b31-26+,46-44?. The van der Waals surface area contributed by atoms with E-state index >= 15 is 0 Å². The van der Waals surface area contributed by atoms with Gasteiger partial charge in [-0.2, -0.15) is 0 Å².